The highest BCUT2D eigenvalue weighted by Crippen LogP contribution is 2.35. The van der Waals surface area contributed by atoms with Gasteiger partial charge in [-0.15, -0.1) is 0 Å². The molecule has 3 N–H and O–H groups in total. The minimum absolute atomic E-state index is 0.292. The molecule has 3 aliphatic rings. The van der Waals surface area contributed by atoms with E-state index in [0.29, 0.717) is 18.0 Å². The van der Waals surface area contributed by atoms with Gasteiger partial charge >= 0.3 is 0 Å². The largest absolute Gasteiger partial charge is 0.494 e. The van der Waals surface area contributed by atoms with E-state index >= 15 is 0 Å². The molecule has 0 spiro atoms. The van der Waals surface area contributed by atoms with Gasteiger partial charge in [-0.25, -0.2) is 4.98 Å². The summed E-state index contributed by atoms with van der Waals surface area (Å²) >= 11 is 0. The summed E-state index contributed by atoms with van der Waals surface area (Å²) in [5, 5.41) is 3.52. The minimum atomic E-state index is 0.292. The average molecular weight is 477 g/mol. The Kier molecular flexibility index (Phi) is 5.89. The third-order valence-corrected chi connectivity index (χ3v) is 7.78. The molecule has 9 nitrogen and oxygen atoms in total. The molecule has 0 unspecified atom stereocenters. The van der Waals surface area contributed by atoms with Gasteiger partial charge in [0.15, 0.2) is 5.82 Å². The fraction of sp³-hybridized carbons (Fsp3) is 0.538. The first-order valence-electron chi connectivity index (χ1n) is 12.9. The highest BCUT2D eigenvalue weighted by molar-refractivity contribution is 5.90. The molecule has 0 amide bonds. The second-order valence-electron chi connectivity index (χ2n) is 10.2. The number of nitrogens with one attached hydrogen (secondary N) is 1. The number of anilines is 3. The molecule has 9 heteroatoms. The number of hydrogen-bond acceptors (Lipinski definition) is 8. The summed E-state index contributed by atoms with van der Waals surface area (Å²) in [6.45, 7) is 6.91. The molecule has 1 saturated carbocycles. The van der Waals surface area contributed by atoms with Crippen LogP contribution in [-0.4, -0.2) is 89.8 Å². The molecule has 1 aromatic carbocycles. The van der Waals surface area contributed by atoms with Crippen molar-refractivity contribution in [2.45, 2.75) is 37.8 Å². The Morgan fingerprint density at radius 2 is 1.74 bits per heavy atom. The van der Waals surface area contributed by atoms with Gasteiger partial charge in [-0.2, -0.15) is 4.98 Å². The Morgan fingerprint density at radius 3 is 2.46 bits per heavy atom. The van der Waals surface area contributed by atoms with Crippen molar-refractivity contribution >= 4 is 28.5 Å². The number of aromatic nitrogens is 3. The van der Waals surface area contributed by atoms with Crippen molar-refractivity contribution in [3.05, 3.63) is 30.5 Å². The fourth-order valence-electron chi connectivity index (χ4n) is 5.52. The van der Waals surface area contributed by atoms with Crippen LogP contribution in [0.2, 0.25) is 0 Å². The number of likely N-dealkylation sites (N-methyl/N-ethyl adjacent to an activating group) is 1. The topological polar surface area (TPSA) is 87.7 Å². The summed E-state index contributed by atoms with van der Waals surface area (Å²) in [6, 6.07) is 9.69. The van der Waals surface area contributed by atoms with Crippen LogP contribution < -0.4 is 20.7 Å². The number of rotatable bonds is 6. The van der Waals surface area contributed by atoms with Crippen LogP contribution in [0, 0.1) is 0 Å². The molecule has 0 atom stereocenters. The van der Waals surface area contributed by atoms with Crippen LogP contribution >= 0.6 is 0 Å². The number of fused-ring (bicyclic) bond motifs is 1. The summed E-state index contributed by atoms with van der Waals surface area (Å²) in [7, 11) is 3.96. The van der Waals surface area contributed by atoms with Gasteiger partial charge in [0.05, 0.1) is 18.3 Å². The molecular weight excluding hydrogens is 440 g/mol. The molecule has 4 heterocycles. The number of piperidine rings is 1. The number of nitrogens with two attached hydrogens (primary N) is 1. The molecule has 2 aromatic heterocycles. The second-order valence-corrected chi connectivity index (χ2v) is 10.2. The van der Waals surface area contributed by atoms with Gasteiger partial charge in [-0.05, 0) is 50.9 Å². The lowest BCUT2D eigenvalue weighted by atomic mass is 10.0. The van der Waals surface area contributed by atoms with E-state index in [0.717, 1.165) is 54.2 Å². The van der Waals surface area contributed by atoms with E-state index in [-0.39, 0.29) is 0 Å². The first-order valence-corrected chi connectivity index (χ1v) is 12.9. The van der Waals surface area contributed by atoms with Crippen LogP contribution in [0.25, 0.3) is 16.7 Å². The van der Waals surface area contributed by atoms with Gasteiger partial charge in [0.2, 0.25) is 5.95 Å². The zero-order chi connectivity index (χ0) is 23.9. The number of hydrogen-bond donors (Lipinski definition) is 2. The van der Waals surface area contributed by atoms with E-state index in [1.165, 1.54) is 44.7 Å². The number of ether oxygens (including phenoxy) is 1. The zero-order valence-corrected chi connectivity index (χ0v) is 20.8. The van der Waals surface area contributed by atoms with Gasteiger partial charge in [-0.3, -0.25) is 4.90 Å². The number of nitrogens with zero attached hydrogens (tertiary/aromatic N) is 6. The van der Waals surface area contributed by atoms with E-state index in [1.54, 1.807) is 7.11 Å². The van der Waals surface area contributed by atoms with Crippen LogP contribution in [0.4, 0.5) is 17.5 Å². The maximum Gasteiger partial charge on any atom is 0.222 e. The lowest BCUT2D eigenvalue weighted by Gasteiger charge is -2.42. The van der Waals surface area contributed by atoms with Crippen LogP contribution in [0.15, 0.2) is 30.5 Å². The third kappa shape index (κ3) is 4.50. The molecule has 3 fully saturated rings. The molecule has 35 heavy (non-hydrogen) atoms. The summed E-state index contributed by atoms with van der Waals surface area (Å²) in [5.74, 6) is 1.92. The lowest BCUT2D eigenvalue weighted by Crippen LogP contribution is -2.52. The Labute approximate surface area is 206 Å². The van der Waals surface area contributed by atoms with E-state index in [1.807, 2.05) is 12.3 Å². The van der Waals surface area contributed by atoms with Gasteiger partial charge < -0.3 is 30.2 Å². The predicted molar refractivity (Wildman–Crippen MR) is 141 cm³/mol. The quantitative estimate of drug-likeness (QED) is 0.562. The third-order valence-electron chi connectivity index (χ3n) is 7.78. The molecular formula is C26H36N8O. The molecule has 0 radical (unpaired) electrons. The van der Waals surface area contributed by atoms with Gasteiger partial charge in [0.1, 0.15) is 11.3 Å². The number of nitrogen functional groups attached to an aromatic ring is 1. The molecule has 2 saturated heterocycles. The van der Waals surface area contributed by atoms with Gasteiger partial charge in [0, 0.05) is 69.3 Å². The van der Waals surface area contributed by atoms with Crippen molar-refractivity contribution < 1.29 is 4.74 Å². The molecule has 186 valence electrons. The summed E-state index contributed by atoms with van der Waals surface area (Å²) in [4.78, 5) is 16.6. The summed E-state index contributed by atoms with van der Waals surface area (Å²) in [6.07, 6.45) is 6.77. The monoisotopic (exact) mass is 476 g/mol. The Balaban J connectivity index is 1.23. The van der Waals surface area contributed by atoms with Crippen molar-refractivity contribution in [3.63, 3.8) is 0 Å². The van der Waals surface area contributed by atoms with Crippen molar-refractivity contribution in [2.24, 2.45) is 0 Å². The Morgan fingerprint density at radius 1 is 0.971 bits per heavy atom. The highest BCUT2D eigenvalue weighted by Gasteiger charge is 2.28. The second kappa shape index (κ2) is 9.20. The predicted octanol–water partition coefficient (Wildman–Crippen LogP) is 2.80. The van der Waals surface area contributed by atoms with E-state index in [2.05, 4.69) is 59.8 Å². The first-order chi connectivity index (χ1) is 17.1. The van der Waals surface area contributed by atoms with Gasteiger partial charge in [0.25, 0.3) is 0 Å². The van der Waals surface area contributed by atoms with Crippen molar-refractivity contribution in [2.75, 3.05) is 69.4 Å². The van der Waals surface area contributed by atoms with Crippen LogP contribution in [0.5, 0.6) is 5.75 Å². The SMILES string of the molecule is COc1cc(N2CCC(N3CCN(C)CC3)CC2)ccc1-n1ccc2nc(N)nc(NC3CC3)c21. The van der Waals surface area contributed by atoms with E-state index < -0.39 is 0 Å². The Bertz CT molecular complexity index is 1190. The van der Waals surface area contributed by atoms with Crippen LogP contribution in [0.3, 0.4) is 0 Å². The maximum atomic E-state index is 5.98. The van der Waals surface area contributed by atoms with Crippen LogP contribution in [-0.2, 0) is 0 Å². The number of piperazine rings is 1. The zero-order valence-electron chi connectivity index (χ0n) is 20.8. The highest BCUT2D eigenvalue weighted by atomic mass is 16.5. The molecule has 1 aliphatic carbocycles. The number of benzene rings is 1. The summed E-state index contributed by atoms with van der Waals surface area (Å²) < 4.78 is 8.00. The molecule has 6 rings (SSSR count). The maximum absolute atomic E-state index is 5.98. The van der Waals surface area contributed by atoms with E-state index in [4.69, 9.17) is 10.5 Å². The summed E-state index contributed by atoms with van der Waals surface area (Å²) in [5.41, 5.74) is 9.95. The van der Waals surface area contributed by atoms with E-state index in [9.17, 15) is 0 Å². The standard InChI is InChI=1S/C26H36N8O/c1-31-13-15-33(16-14-31)19-7-10-32(11-8-19)20-5-6-22(23(17-20)35-2)34-12-9-21-24(34)25(28-18-3-4-18)30-26(27)29-21/h5-6,9,12,17-19H,3-4,7-8,10-11,13-16H2,1-2H3,(H3,27,28,29,30). The van der Waals surface area contributed by atoms with Crippen molar-refractivity contribution in [1.82, 2.24) is 24.3 Å². The normalized spacial score (nSPS) is 20.5. The van der Waals surface area contributed by atoms with Crippen molar-refractivity contribution in [3.8, 4) is 11.4 Å². The molecule has 3 aromatic rings. The fourth-order valence-corrected chi connectivity index (χ4v) is 5.52. The van der Waals surface area contributed by atoms with Gasteiger partial charge in [-0.1, -0.05) is 0 Å². The minimum Gasteiger partial charge on any atom is -0.494 e. The van der Waals surface area contributed by atoms with Crippen molar-refractivity contribution in [1.29, 1.82) is 0 Å². The van der Waals surface area contributed by atoms with Crippen LogP contribution in [0.1, 0.15) is 25.7 Å². The molecule has 2 aliphatic heterocycles. The average Bonchev–Trinajstić information content (AvgIpc) is 3.60. The Hall–Kier alpha value is -3.04. The smallest absolute Gasteiger partial charge is 0.222 e. The first kappa shape index (κ1) is 22.4. The number of methoxy groups -OCH3 is 1. The lowest BCUT2D eigenvalue weighted by molar-refractivity contribution is 0.0982. The molecule has 0 bridgehead atoms.